The van der Waals surface area contributed by atoms with Crippen molar-refractivity contribution in [2.75, 3.05) is 0 Å². The smallest absolute Gasteiger partial charge is 0.254 e. The summed E-state index contributed by atoms with van der Waals surface area (Å²) in [5.74, 6) is -1.46. The van der Waals surface area contributed by atoms with Gasteiger partial charge in [-0.1, -0.05) is 6.07 Å². The quantitative estimate of drug-likeness (QED) is 0.461. The van der Waals surface area contributed by atoms with Crippen LogP contribution in [0.5, 0.6) is 5.75 Å². The lowest BCUT2D eigenvalue weighted by atomic mass is 9.81. The Morgan fingerprint density at radius 3 is 2.71 bits per heavy atom. The van der Waals surface area contributed by atoms with Crippen molar-refractivity contribution in [3.8, 4) is 17.0 Å². The van der Waals surface area contributed by atoms with E-state index in [2.05, 4.69) is 4.98 Å². The van der Waals surface area contributed by atoms with Gasteiger partial charge in [-0.15, -0.1) is 0 Å². The zero-order valence-corrected chi connectivity index (χ0v) is 18.5. The summed E-state index contributed by atoms with van der Waals surface area (Å²) in [6, 6.07) is 10.0. The van der Waals surface area contributed by atoms with E-state index in [4.69, 9.17) is 5.10 Å². The maximum Gasteiger partial charge on any atom is 0.254 e. The van der Waals surface area contributed by atoms with Crippen molar-refractivity contribution in [3.05, 3.63) is 77.1 Å². The van der Waals surface area contributed by atoms with Crippen molar-refractivity contribution in [1.82, 2.24) is 19.7 Å². The molecule has 6 rings (SSSR count). The highest BCUT2D eigenvalue weighted by atomic mass is 19.1. The monoisotopic (exact) mass is 460 g/mol. The molecule has 0 unspecified atom stereocenters. The van der Waals surface area contributed by atoms with Gasteiger partial charge in [0.15, 0.2) is 0 Å². The fourth-order valence-corrected chi connectivity index (χ4v) is 5.65. The van der Waals surface area contributed by atoms with Crippen molar-refractivity contribution < 1.29 is 18.7 Å². The molecule has 34 heavy (non-hydrogen) atoms. The highest BCUT2D eigenvalue weighted by Crippen LogP contribution is 2.45. The molecule has 6 nitrogen and oxygen atoms in total. The van der Waals surface area contributed by atoms with Crippen molar-refractivity contribution in [3.63, 3.8) is 0 Å². The lowest BCUT2D eigenvalue weighted by Gasteiger charge is -2.45. The summed E-state index contributed by atoms with van der Waals surface area (Å²) >= 11 is 0. The number of phenolic OH excluding ortho intramolecular Hbond substituents is 1. The van der Waals surface area contributed by atoms with Gasteiger partial charge in [-0.2, -0.15) is 5.10 Å². The second-order valence-corrected chi connectivity index (χ2v) is 9.08. The van der Waals surface area contributed by atoms with Crippen LogP contribution in [0.4, 0.5) is 8.78 Å². The van der Waals surface area contributed by atoms with Gasteiger partial charge >= 0.3 is 0 Å². The number of phenols is 1. The Hall–Kier alpha value is -3.81. The van der Waals surface area contributed by atoms with Crippen molar-refractivity contribution in [1.29, 1.82) is 0 Å². The molecule has 0 aliphatic carbocycles. The molecule has 1 amide bonds. The average molecular weight is 460 g/mol. The summed E-state index contributed by atoms with van der Waals surface area (Å²) in [4.78, 5) is 19.8. The van der Waals surface area contributed by atoms with E-state index in [1.54, 1.807) is 30.1 Å². The van der Waals surface area contributed by atoms with Crippen LogP contribution in [0.3, 0.4) is 0 Å². The van der Waals surface area contributed by atoms with Crippen LogP contribution in [-0.2, 0) is 13.5 Å². The molecule has 4 heterocycles. The maximum atomic E-state index is 14.0. The average Bonchev–Trinajstić information content (AvgIpc) is 3.13. The molecule has 0 spiro atoms. The Balaban J connectivity index is 1.44. The first-order valence-electron chi connectivity index (χ1n) is 11.3. The van der Waals surface area contributed by atoms with E-state index in [1.165, 1.54) is 18.2 Å². The molecule has 2 atom stereocenters. The highest BCUT2D eigenvalue weighted by Gasteiger charge is 2.43. The molecule has 2 aromatic heterocycles. The number of rotatable bonds is 2. The maximum absolute atomic E-state index is 14.0. The lowest BCUT2D eigenvalue weighted by Crippen LogP contribution is -2.49. The fraction of sp³-hybridized carbons (Fsp3) is 0.269. The Kier molecular flexibility index (Phi) is 4.65. The molecule has 2 bridgehead atoms. The summed E-state index contributed by atoms with van der Waals surface area (Å²) in [5, 5.41) is 15.9. The third-order valence-electron chi connectivity index (χ3n) is 6.98. The van der Waals surface area contributed by atoms with E-state index in [-0.39, 0.29) is 23.7 Å². The Morgan fingerprint density at radius 1 is 1.12 bits per heavy atom. The number of hydrogen-bond donors (Lipinski definition) is 1. The normalized spacial score (nSPS) is 19.3. The summed E-state index contributed by atoms with van der Waals surface area (Å²) in [6.45, 7) is 0. The highest BCUT2D eigenvalue weighted by molar-refractivity contribution is 6.00. The number of fused-ring (bicyclic) bond motifs is 5. The number of halogens is 2. The first-order chi connectivity index (χ1) is 16.4. The van der Waals surface area contributed by atoms with Gasteiger partial charge < -0.3 is 10.0 Å². The van der Waals surface area contributed by atoms with Gasteiger partial charge in [-0.3, -0.25) is 14.5 Å². The van der Waals surface area contributed by atoms with Gasteiger partial charge in [0.25, 0.3) is 5.91 Å². The van der Waals surface area contributed by atoms with Crippen molar-refractivity contribution in [2.24, 2.45) is 7.05 Å². The fourth-order valence-electron chi connectivity index (χ4n) is 5.65. The molecule has 2 aromatic carbocycles. The molecule has 1 fully saturated rings. The Bertz CT molecular complexity index is 1440. The number of pyridine rings is 1. The van der Waals surface area contributed by atoms with E-state index < -0.39 is 11.6 Å². The van der Waals surface area contributed by atoms with Crippen LogP contribution in [-0.4, -0.2) is 36.7 Å². The third-order valence-corrected chi connectivity index (χ3v) is 6.98. The van der Waals surface area contributed by atoms with E-state index >= 15 is 0 Å². The molecule has 2 aliphatic rings. The van der Waals surface area contributed by atoms with E-state index in [9.17, 15) is 18.7 Å². The van der Waals surface area contributed by atoms with Gasteiger partial charge in [0, 0.05) is 47.4 Å². The third kappa shape index (κ3) is 3.16. The second kappa shape index (κ2) is 7.62. The van der Waals surface area contributed by atoms with E-state index in [0.717, 1.165) is 36.6 Å². The minimum atomic E-state index is -0.636. The number of aromatic nitrogens is 3. The van der Waals surface area contributed by atoms with Gasteiger partial charge in [0.2, 0.25) is 0 Å². The molecule has 172 valence electrons. The van der Waals surface area contributed by atoms with Gasteiger partial charge in [0.1, 0.15) is 22.9 Å². The van der Waals surface area contributed by atoms with Crippen molar-refractivity contribution in [2.45, 2.75) is 37.8 Å². The number of hydrogen-bond acceptors (Lipinski definition) is 4. The van der Waals surface area contributed by atoms with Gasteiger partial charge in [0.05, 0.1) is 17.4 Å². The zero-order chi connectivity index (χ0) is 23.6. The number of piperidine rings is 1. The largest absolute Gasteiger partial charge is 0.506 e. The zero-order valence-electron chi connectivity index (χ0n) is 18.5. The number of nitrogens with zero attached hydrogens (tertiary/aromatic N) is 4. The summed E-state index contributed by atoms with van der Waals surface area (Å²) in [5.41, 5.74) is 3.71. The minimum absolute atomic E-state index is 0.0300. The molecule has 1 N–H and O–H groups in total. The molecule has 0 saturated carbocycles. The summed E-state index contributed by atoms with van der Waals surface area (Å²) in [6.07, 6.45) is 4.70. The van der Waals surface area contributed by atoms with Gasteiger partial charge in [-0.25, -0.2) is 8.78 Å². The lowest BCUT2D eigenvalue weighted by molar-refractivity contribution is 0.0391. The number of aromatic hydroxyl groups is 1. The minimum Gasteiger partial charge on any atom is -0.506 e. The Morgan fingerprint density at radius 2 is 1.91 bits per heavy atom. The summed E-state index contributed by atoms with van der Waals surface area (Å²) in [7, 11) is 1.76. The molecular weight excluding hydrogens is 438 g/mol. The Labute approximate surface area is 194 Å². The first kappa shape index (κ1) is 20.8. The molecule has 8 heteroatoms. The van der Waals surface area contributed by atoms with Crippen LogP contribution in [0.25, 0.3) is 22.2 Å². The number of amides is 1. The topological polar surface area (TPSA) is 71.2 Å². The molecule has 1 saturated heterocycles. The van der Waals surface area contributed by atoms with Gasteiger partial charge in [-0.05, 0) is 56.0 Å². The van der Waals surface area contributed by atoms with E-state index in [1.807, 2.05) is 11.0 Å². The SMILES string of the molecule is Cn1nc2c(c1-c1cc(F)cc(F)c1)C[C@@H]1CCC[C@H]2N1C(=O)c1cc(O)c2ncccc2c1. The van der Waals surface area contributed by atoms with Crippen LogP contribution in [0, 0.1) is 11.6 Å². The predicted molar refractivity (Wildman–Crippen MR) is 122 cm³/mol. The number of carbonyl (C=O) groups is 1. The standard InChI is InChI=1S/C26H22F2N4O2/c1-31-25(15-9-17(27)12-18(28)10-15)20-13-19-5-2-6-21(24(20)30-31)32(19)26(34)16-8-14-4-3-7-29-23(14)22(33)11-16/h3-4,7-12,19,21,33H,2,5-6,13H2,1H3/t19-,21+/m0/s1. The van der Waals surface area contributed by atoms with Crippen LogP contribution in [0.2, 0.25) is 0 Å². The number of carbonyl (C=O) groups excluding carboxylic acids is 1. The predicted octanol–water partition coefficient (Wildman–Crippen LogP) is 4.91. The van der Waals surface area contributed by atoms with Crippen LogP contribution >= 0.6 is 0 Å². The summed E-state index contributed by atoms with van der Waals surface area (Å²) < 4.78 is 29.6. The molecule has 2 aliphatic heterocycles. The van der Waals surface area contributed by atoms with Crippen LogP contribution < -0.4 is 0 Å². The van der Waals surface area contributed by atoms with E-state index in [0.29, 0.717) is 34.1 Å². The molecule has 4 aromatic rings. The second-order valence-electron chi connectivity index (χ2n) is 9.08. The molecule has 0 radical (unpaired) electrons. The number of aryl methyl sites for hydroxylation is 1. The number of benzene rings is 2. The molecular formula is C26H22F2N4O2. The van der Waals surface area contributed by atoms with Crippen LogP contribution in [0.1, 0.15) is 46.9 Å². The van der Waals surface area contributed by atoms with Crippen molar-refractivity contribution >= 4 is 16.8 Å². The van der Waals surface area contributed by atoms with Crippen LogP contribution in [0.15, 0.2) is 48.7 Å². The first-order valence-corrected chi connectivity index (χ1v) is 11.3.